The molecular formula is C21H22N2O. The predicted molar refractivity (Wildman–Crippen MR) is 97.6 cm³/mol. The summed E-state index contributed by atoms with van der Waals surface area (Å²) >= 11 is 0. The molecule has 0 fully saturated rings. The molecule has 0 spiro atoms. The quantitative estimate of drug-likeness (QED) is 0.763. The normalized spacial score (nSPS) is 10.6. The maximum absolute atomic E-state index is 12.6. The lowest BCUT2D eigenvalue weighted by Crippen LogP contribution is -2.23. The van der Waals surface area contributed by atoms with Crippen LogP contribution in [-0.2, 0) is 6.54 Å². The first-order chi connectivity index (χ1) is 11.6. The van der Waals surface area contributed by atoms with Gasteiger partial charge in [0, 0.05) is 23.6 Å². The number of rotatable bonds is 4. The first kappa shape index (κ1) is 16.1. The highest BCUT2D eigenvalue weighted by Crippen LogP contribution is 2.21. The van der Waals surface area contributed by atoms with E-state index in [1.165, 1.54) is 5.56 Å². The van der Waals surface area contributed by atoms with Gasteiger partial charge in [-0.2, -0.15) is 0 Å². The van der Waals surface area contributed by atoms with Crippen LogP contribution in [0, 0.1) is 20.8 Å². The van der Waals surface area contributed by atoms with Crippen molar-refractivity contribution in [3.63, 3.8) is 0 Å². The molecule has 122 valence electrons. The van der Waals surface area contributed by atoms with Gasteiger partial charge in [-0.1, -0.05) is 48.0 Å². The van der Waals surface area contributed by atoms with Crippen LogP contribution in [0.25, 0.3) is 5.69 Å². The number of aromatic nitrogens is 1. The lowest BCUT2D eigenvalue weighted by molar-refractivity contribution is 0.0950. The van der Waals surface area contributed by atoms with Crippen molar-refractivity contribution >= 4 is 5.91 Å². The average molecular weight is 318 g/mol. The van der Waals surface area contributed by atoms with Crippen molar-refractivity contribution < 1.29 is 4.79 Å². The number of amides is 1. The molecule has 24 heavy (non-hydrogen) atoms. The molecule has 3 heteroatoms. The summed E-state index contributed by atoms with van der Waals surface area (Å²) in [5.41, 5.74) is 6.14. The SMILES string of the molecule is Cc1ccc(-n2c(C)cc(C(=O)NCc3ccccc3)c2C)cc1. The second kappa shape index (κ2) is 6.75. The molecule has 3 aromatic rings. The molecular weight excluding hydrogens is 296 g/mol. The third-order valence-electron chi connectivity index (χ3n) is 4.26. The van der Waals surface area contributed by atoms with Crippen molar-refractivity contribution in [2.45, 2.75) is 27.3 Å². The average Bonchev–Trinajstić information content (AvgIpc) is 2.89. The van der Waals surface area contributed by atoms with Crippen molar-refractivity contribution in [3.8, 4) is 5.69 Å². The van der Waals surface area contributed by atoms with Gasteiger partial charge in [0.1, 0.15) is 0 Å². The molecule has 0 unspecified atom stereocenters. The number of aryl methyl sites for hydroxylation is 2. The molecule has 1 heterocycles. The van der Waals surface area contributed by atoms with Gasteiger partial charge in [0.15, 0.2) is 0 Å². The summed E-state index contributed by atoms with van der Waals surface area (Å²) in [6, 6.07) is 20.2. The van der Waals surface area contributed by atoms with Crippen LogP contribution in [0.2, 0.25) is 0 Å². The van der Waals surface area contributed by atoms with Crippen molar-refractivity contribution in [3.05, 3.63) is 88.7 Å². The molecule has 0 bridgehead atoms. The summed E-state index contributed by atoms with van der Waals surface area (Å²) in [7, 11) is 0. The maximum Gasteiger partial charge on any atom is 0.253 e. The molecule has 0 aliphatic rings. The lowest BCUT2D eigenvalue weighted by atomic mass is 10.2. The van der Waals surface area contributed by atoms with Crippen molar-refractivity contribution in [2.75, 3.05) is 0 Å². The molecule has 0 radical (unpaired) electrons. The molecule has 1 amide bonds. The summed E-state index contributed by atoms with van der Waals surface area (Å²) in [6.45, 7) is 6.63. The molecule has 0 atom stereocenters. The molecule has 1 aromatic heterocycles. The number of nitrogens with one attached hydrogen (secondary N) is 1. The van der Waals surface area contributed by atoms with E-state index in [4.69, 9.17) is 0 Å². The fourth-order valence-electron chi connectivity index (χ4n) is 2.96. The largest absolute Gasteiger partial charge is 0.348 e. The van der Waals surface area contributed by atoms with E-state index in [1.54, 1.807) is 0 Å². The number of carbonyl (C=O) groups is 1. The number of benzene rings is 2. The Morgan fingerprint density at radius 2 is 1.62 bits per heavy atom. The summed E-state index contributed by atoms with van der Waals surface area (Å²) < 4.78 is 2.12. The molecule has 1 N–H and O–H groups in total. The van der Waals surface area contributed by atoms with Crippen LogP contribution < -0.4 is 5.32 Å². The molecule has 0 saturated heterocycles. The van der Waals surface area contributed by atoms with E-state index in [0.29, 0.717) is 6.54 Å². The Hall–Kier alpha value is -2.81. The zero-order valence-electron chi connectivity index (χ0n) is 14.3. The number of nitrogens with zero attached hydrogens (tertiary/aromatic N) is 1. The summed E-state index contributed by atoms with van der Waals surface area (Å²) in [6.07, 6.45) is 0. The maximum atomic E-state index is 12.6. The fraction of sp³-hybridized carbons (Fsp3) is 0.190. The second-order valence-corrected chi connectivity index (χ2v) is 6.12. The van der Waals surface area contributed by atoms with Gasteiger partial charge < -0.3 is 9.88 Å². The van der Waals surface area contributed by atoms with Crippen LogP contribution in [0.3, 0.4) is 0 Å². The highest BCUT2D eigenvalue weighted by atomic mass is 16.1. The van der Waals surface area contributed by atoms with E-state index >= 15 is 0 Å². The van der Waals surface area contributed by atoms with E-state index in [2.05, 4.69) is 41.1 Å². The monoisotopic (exact) mass is 318 g/mol. The number of carbonyl (C=O) groups excluding carboxylic acids is 1. The first-order valence-electron chi connectivity index (χ1n) is 8.14. The minimum atomic E-state index is -0.0367. The topological polar surface area (TPSA) is 34.0 Å². The van der Waals surface area contributed by atoms with E-state index in [9.17, 15) is 4.79 Å². The Balaban J connectivity index is 1.83. The highest BCUT2D eigenvalue weighted by molar-refractivity contribution is 5.95. The Labute approximate surface area is 143 Å². The van der Waals surface area contributed by atoms with Crippen molar-refractivity contribution in [1.82, 2.24) is 9.88 Å². The van der Waals surface area contributed by atoms with Gasteiger partial charge in [-0.15, -0.1) is 0 Å². The summed E-state index contributed by atoms with van der Waals surface area (Å²) in [5.74, 6) is -0.0367. The second-order valence-electron chi connectivity index (χ2n) is 6.12. The summed E-state index contributed by atoms with van der Waals surface area (Å²) in [4.78, 5) is 12.6. The zero-order valence-corrected chi connectivity index (χ0v) is 14.3. The third kappa shape index (κ3) is 3.25. The van der Waals surface area contributed by atoms with Crippen molar-refractivity contribution in [1.29, 1.82) is 0 Å². The fourth-order valence-corrected chi connectivity index (χ4v) is 2.96. The Morgan fingerprint density at radius 1 is 0.958 bits per heavy atom. The molecule has 3 rings (SSSR count). The van der Waals surface area contributed by atoms with Gasteiger partial charge >= 0.3 is 0 Å². The minimum absolute atomic E-state index is 0.0367. The Kier molecular flexibility index (Phi) is 4.52. The van der Waals surface area contributed by atoms with Gasteiger partial charge in [-0.05, 0) is 44.5 Å². The smallest absolute Gasteiger partial charge is 0.253 e. The van der Waals surface area contributed by atoms with Crippen LogP contribution in [0.4, 0.5) is 0 Å². The Morgan fingerprint density at radius 3 is 2.29 bits per heavy atom. The Bertz CT molecular complexity index is 846. The van der Waals surface area contributed by atoms with Gasteiger partial charge in [0.05, 0.1) is 5.56 Å². The van der Waals surface area contributed by atoms with Crippen LogP contribution in [-0.4, -0.2) is 10.5 Å². The van der Waals surface area contributed by atoms with Crippen LogP contribution in [0.1, 0.15) is 32.9 Å². The van der Waals surface area contributed by atoms with E-state index in [-0.39, 0.29) is 5.91 Å². The van der Waals surface area contributed by atoms with Crippen molar-refractivity contribution in [2.24, 2.45) is 0 Å². The van der Waals surface area contributed by atoms with Gasteiger partial charge in [0.2, 0.25) is 0 Å². The van der Waals surface area contributed by atoms with Gasteiger partial charge in [-0.3, -0.25) is 4.79 Å². The van der Waals surface area contributed by atoms with Gasteiger partial charge in [0.25, 0.3) is 5.91 Å². The standard InChI is InChI=1S/C21H22N2O/c1-15-9-11-19(12-10-15)23-16(2)13-20(17(23)3)21(24)22-14-18-7-5-4-6-8-18/h4-13H,14H2,1-3H3,(H,22,24). The van der Waals surface area contributed by atoms with E-state index < -0.39 is 0 Å². The highest BCUT2D eigenvalue weighted by Gasteiger charge is 2.16. The molecule has 0 saturated carbocycles. The molecule has 3 nitrogen and oxygen atoms in total. The number of hydrogen-bond acceptors (Lipinski definition) is 1. The van der Waals surface area contributed by atoms with Crippen LogP contribution in [0.5, 0.6) is 0 Å². The molecule has 0 aliphatic heterocycles. The summed E-state index contributed by atoms with van der Waals surface area (Å²) in [5, 5.41) is 3.00. The van der Waals surface area contributed by atoms with E-state index in [0.717, 1.165) is 28.2 Å². The lowest BCUT2D eigenvalue weighted by Gasteiger charge is -2.10. The molecule has 0 aliphatic carbocycles. The third-order valence-corrected chi connectivity index (χ3v) is 4.26. The first-order valence-corrected chi connectivity index (χ1v) is 8.14. The number of hydrogen-bond donors (Lipinski definition) is 1. The predicted octanol–water partition coefficient (Wildman–Crippen LogP) is 4.33. The van der Waals surface area contributed by atoms with E-state index in [1.807, 2.05) is 50.2 Å². The van der Waals surface area contributed by atoms with Crippen LogP contribution in [0.15, 0.2) is 60.7 Å². The minimum Gasteiger partial charge on any atom is -0.348 e. The zero-order chi connectivity index (χ0) is 17.1. The molecule has 2 aromatic carbocycles. The van der Waals surface area contributed by atoms with Gasteiger partial charge in [-0.25, -0.2) is 0 Å². The van der Waals surface area contributed by atoms with Crippen LogP contribution >= 0.6 is 0 Å².